The number of alkyl halides is 3. The van der Waals surface area contributed by atoms with Crippen molar-refractivity contribution in [1.29, 1.82) is 0 Å². The Hall–Kier alpha value is -1.75. The topological polar surface area (TPSA) is 33.4 Å². The van der Waals surface area contributed by atoms with E-state index in [2.05, 4.69) is 0 Å². The Morgan fingerprint density at radius 1 is 1.10 bits per heavy atom. The lowest BCUT2D eigenvalue weighted by atomic mass is 9.76. The molecule has 1 unspecified atom stereocenters. The second kappa shape index (κ2) is 4.38. The van der Waals surface area contributed by atoms with E-state index in [4.69, 9.17) is 4.42 Å². The normalized spacial score (nSPS) is 22.6. The number of benzene rings is 1. The Kier molecular flexibility index (Phi) is 2.90. The van der Waals surface area contributed by atoms with Gasteiger partial charge < -0.3 is 9.52 Å². The summed E-state index contributed by atoms with van der Waals surface area (Å²) in [6.07, 6.45) is -1.60. The van der Waals surface area contributed by atoms with Crippen LogP contribution in [0.4, 0.5) is 13.2 Å². The van der Waals surface area contributed by atoms with Crippen LogP contribution in [-0.2, 0) is 18.2 Å². The second-order valence-electron chi connectivity index (χ2n) is 5.01. The van der Waals surface area contributed by atoms with E-state index in [0.717, 1.165) is 6.07 Å². The van der Waals surface area contributed by atoms with E-state index in [1.54, 1.807) is 6.07 Å². The highest BCUT2D eigenvalue weighted by atomic mass is 19.4. The summed E-state index contributed by atoms with van der Waals surface area (Å²) in [7, 11) is 0. The number of fused-ring (bicyclic) bond motifs is 1. The molecule has 106 valence electrons. The van der Waals surface area contributed by atoms with Gasteiger partial charge in [0.2, 0.25) is 0 Å². The third kappa shape index (κ3) is 1.93. The number of furan rings is 1. The molecular formula is C15H13F3O2. The van der Waals surface area contributed by atoms with Gasteiger partial charge in [-0.1, -0.05) is 18.2 Å². The van der Waals surface area contributed by atoms with Gasteiger partial charge in [-0.05, 0) is 25.0 Å². The Bertz CT molecular complexity index is 630. The molecule has 0 aliphatic heterocycles. The van der Waals surface area contributed by atoms with Crippen LogP contribution < -0.4 is 0 Å². The van der Waals surface area contributed by atoms with Gasteiger partial charge in [0.05, 0.1) is 11.8 Å². The maximum Gasteiger partial charge on any atom is 0.416 e. The van der Waals surface area contributed by atoms with E-state index in [0.29, 0.717) is 24.2 Å². The average molecular weight is 282 g/mol. The highest BCUT2D eigenvalue weighted by Gasteiger charge is 2.44. The maximum atomic E-state index is 13.1. The van der Waals surface area contributed by atoms with E-state index in [1.807, 2.05) is 0 Å². The second-order valence-corrected chi connectivity index (χ2v) is 5.01. The zero-order valence-electron chi connectivity index (χ0n) is 10.6. The van der Waals surface area contributed by atoms with Gasteiger partial charge in [0.15, 0.2) is 0 Å². The minimum absolute atomic E-state index is 0.102. The minimum Gasteiger partial charge on any atom is -0.469 e. The van der Waals surface area contributed by atoms with Gasteiger partial charge in [-0.2, -0.15) is 13.2 Å². The van der Waals surface area contributed by atoms with Crippen molar-refractivity contribution in [2.24, 2.45) is 0 Å². The van der Waals surface area contributed by atoms with Crippen molar-refractivity contribution in [3.8, 4) is 0 Å². The first-order chi connectivity index (χ1) is 9.43. The molecule has 1 aromatic carbocycles. The van der Waals surface area contributed by atoms with Crippen LogP contribution in [0.25, 0.3) is 0 Å². The fraction of sp³-hybridized carbons (Fsp3) is 0.333. The lowest BCUT2D eigenvalue weighted by molar-refractivity contribution is -0.140. The monoisotopic (exact) mass is 282 g/mol. The molecule has 1 aliphatic rings. The van der Waals surface area contributed by atoms with Crippen molar-refractivity contribution in [2.75, 3.05) is 0 Å². The molecule has 1 N–H and O–H groups in total. The summed E-state index contributed by atoms with van der Waals surface area (Å²) in [4.78, 5) is 0. The number of aryl methyl sites for hydroxylation is 1. The van der Waals surface area contributed by atoms with Gasteiger partial charge in [-0.3, -0.25) is 0 Å². The number of hydrogen-bond donors (Lipinski definition) is 1. The molecule has 1 aromatic heterocycles. The van der Waals surface area contributed by atoms with Gasteiger partial charge in [-0.25, -0.2) is 0 Å². The van der Waals surface area contributed by atoms with Crippen LogP contribution >= 0.6 is 0 Å². The summed E-state index contributed by atoms with van der Waals surface area (Å²) in [6, 6.07) is 6.74. The molecular weight excluding hydrogens is 269 g/mol. The van der Waals surface area contributed by atoms with Crippen LogP contribution in [0.3, 0.4) is 0 Å². The van der Waals surface area contributed by atoms with E-state index < -0.39 is 17.3 Å². The van der Waals surface area contributed by atoms with Crippen molar-refractivity contribution >= 4 is 0 Å². The van der Waals surface area contributed by atoms with Crippen LogP contribution in [-0.4, -0.2) is 5.11 Å². The predicted molar refractivity (Wildman–Crippen MR) is 66.1 cm³/mol. The van der Waals surface area contributed by atoms with E-state index in [-0.39, 0.29) is 12.0 Å². The number of hydrogen-bond acceptors (Lipinski definition) is 2. The molecule has 1 heterocycles. The van der Waals surface area contributed by atoms with Crippen LogP contribution in [0.2, 0.25) is 0 Å². The van der Waals surface area contributed by atoms with Gasteiger partial charge in [0.1, 0.15) is 11.4 Å². The lowest BCUT2D eigenvalue weighted by Gasteiger charge is -2.34. The number of rotatable bonds is 1. The van der Waals surface area contributed by atoms with Crippen molar-refractivity contribution in [2.45, 2.75) is 31.0 Å². The molecule has 1 atom stereocenters. The molecule has 3 rings (SSSR count). The quantitative estimate of drug-likeness (QED) is 0.861. The molecule has 0 radical (unpaired) electrons. The van der Waals surface area contributed by atoms with Crippen molar-refractivity contribution in [3.05, 3.63) is 59.0 Å². The Morgan fingerprint density at radius 3 is 2.60 bits per heavy atom. The Balaban J connectivity index is 2.20. The molecule has 0 amide bonds. The highest BCUT2D eigenvalue weighted by molar-refractivity contribution is 5.44. The largest absolute Gasteiger partial charge is 0.469 e. The van der Waals surface area contributed by atoms with Crippen molar-refractivity contribution in [3.63, 3.8) is 0 Å². The van der Waals surface area contributed by atoms with Gasteiger partial charge in [0.25, 0.3) is 0 Å². The van der Waals surface area contributed by atoms with Gasteiger partial charge in [-0.15, -0.1) is 0 Å². The molecule has 1 aliphatic carbocycles. The Morgan fingerprint density at radius 2 is 1.85 bits per heavy atom. The van der Waals surface area contributed by atoms with E-state index in [9.17, 15) is 18.3 Å². The van der Waals surface area contributed by atoms with Crippen LogP contribution in [0.5, 0.6) is 0 Å². The molecule has 0 saturated carbocycles. The zero-order chi connectivity index (χ0) is 14.4. The summed E-state index contributed by atoms with van der Waals surface area (Å²) in [6.45, 7) is 0. The smallest absolute Gasteiger partial charge is 0.416 e. The third-order valence-electron chi connectivity index (χ3n) is 3.81. The highest BCUT2D eigenvalue weighted by Crippen LogP contribution is 2.45. The summed E-state index contributed by atoms with van der Waals surface area (Å²) < 4.78 is 44.7. The summed E-state index contributed by atoms with van der Waals surface area (Å²) >= 11 is 0. The van der Waals surface area contributed by atoms with Gasteiger partial charge in [0, 0.05) is 17.5 Å². The van der Waals surface area contributed by atoms with Crippen LogP contribution in [0.15, 0.2) is 41.0 Å². The van der Waals surface area contributed by atoms with Crippen LogP contribution in [0.1, 0.15) is 35.3 Å². The summed E-state index contributed by atoms with van der Waals surface area (Å²) in [5, 5.41) is 10.9. The SMILES string of the molecule is OC1(c2ccccc2C(F)(F)F)CCCc2occc21. The minimum atomic E-state index is -4.49. The molecule has 0 spiro atoms. The van der Waals surface area contributed by atoms with Gasteiger partial charge >= 0.3 is 6.18 Å². The average Bonchev–Trinajstić information content (AvgIpc) is 2.88. The lowest BCUT2D eigenvalue weighted by Crippen LogP contribution is -2.33. The summed E-state index contributed by atoms with van der Waals surface area (Å²) in [5.41, 5.74) is -2.08. The number of halogens is 3. The first-order valence-corrected chi connectivity index (χ1v) is 6.39. The fourth-order valence-electron chi connectivity index (χ4n) is 2.91. The Labute approximate surface area is 113 Å². The fourth-order valence-corrected chi connectivity index (χ4v) is 2.91. The molecule has 2 aromatic rings. The zero-order valence-corrected chi connectivity index (χ0v) is 10.6. The standard InChI is InChI=1S/C15H13F3O2/c16-15(17,18)11-5-2-1-4-10(11)14(19)8-3-6-13-12(14)7-9-20-13/h1-2,4-5,7,9,19H,3,6,8H2. The first kappa shape index (κ1) is 13.2. The van der Waals surface area contributed by atoms with E-state index >= 15 is 0 Å². The molecule has 5 heteroatoms. The van der Waals surface area contributed by atoms with Crippen molar-refractivity contribution in [1.82, 2.24) is 0 Å². The predicted octanol–water partition coefficient (Wildman–Crippen LogP) is 3.87. The maximum absolute atomic E-state index is 13.1. The van der Waals surface area contributed by atoms with Crippen molar-refractivity contribution < 1.29 is 22.7 Å². The molecule has 20 heavy (non-hydrogen) atoms. The molecule has 0 saturated heterocycles. The third-order valence-corrected chi connectivity index (χ3v) is 3.81. The molecule has 0 fully saturated rings. The molecule has 0 bridgehead atoms. The van der Waals surface area contributed by atoms with E-state index in [1.165, 1.54) is 24.5 Å². The molecule has 2 nitrogen and oxygen atoms in total. The van der Waals surface area contributed by atoms with Crippen LogP contribution in [0, 0.1) is 0 Å². The summed E-state index contributed by atoms with van der Waals surface area (Å²) in [5.74, 6) is 0.565. The first-order valence-electron chi connectivity index (χ1n) is 6.39. The number of aliphatic hydroxyl groups is 1.